The normalized spacial score (nSPS) is 11.1. The maximum Gasteiger partial charge on any atom is 0.343 e. The van der Waals surface area contributed by atoms with E-state index in [9.17, 15) is 18.0 Å². The Morgan fingerprint density at radius 3 is 2.28 bits per heavy atom. The van der Waals surface area contributed by atoms with Crippen LogP contribution in [0.3, 0.4) is 0 Å². The van der Waals surface area contributed by atoms with Gasteiger partial charge in [-0.1, -0.05) is 53.5 Å². The molecule has 0 saturated carbocycles. The molecule has 0 aliphatic carbocycles. The molecule has 32 heavy (non-hydrogen) atoms. The van der Waals surface area contributed by atoms with Crippen LogP contribution in [0, 0.1) is 0 Å². The van der Waals surface area contributed by atoms with E-state index in [0.29, 0.717) is 16.9 Å². The Hall–Kier alpha value is -2.91. The van der Waals surface area contributed by atoms with E-state index in [2.05, 4.69) is 4.72 Å². The van der Waals surface area contributed by atoms with Gasteiger partial charge in [0.15, 0.2) is 0 Å². The number of rotatable bonds is 8. The van der Waals surface area contributed by atoms with Gasteiger partial charge in [-0.2, -0.15) is 4.72 Å². The topological polar surface area (TPSA) is 98.8 Å². The van der Waals surface area contributed by atoms with Crippen molar-refractivity contribution < 1.29 is 27.5 Å². The molecule has 0 aromatic heterocycles. The lowest BCUT2D eigenvalue weighted by atomic mass is 10.1. The van der Waals surface area contributed by atoms with Crippen LogP contribution in [0.25, 0.3) is 0 Å². The fraction of sp³-hybridized carbons (Fsp3) is 0.0909. The molecule has 3 aromatic carbocycles. The lowest BCUT2D eigenvalue weighted by Crippen LogP contribution is -2.30. The Labute approximate surface area is 194 Å². The molecular formula is C22H17Cl2NO6S. The van der Waals surface area contributed by atoms with Crippen LogP contribution in [0.2, 0.25) is 10.0 Å². The number of para-hydroxylation sites is 1. The highest BCUT2D eigenvalue weighted by Gasteiger charge is 2.20. The van der Waals surface area contributed by atoms with Gasteiger partial charge in [0.25, 0.3) is 0 Å². The van der Waals surface area contributed by atoms with Gasteiger partial charge in [0.2, 0.25) is 10.0 Å². The minimum atomic E-state index is -4.05. The van der Waals surface area contributed by atoms with Crippen molar-refractivity contribution in [3.8, 4) is 5.75 Å². The van der Waals surface area contributed by atoms with E-state index in [1.54, 1.807) is 36.4 Å². The molecule has 166 valence electrons. The molecule has 0 atom stereocenters. The summed E-state index contributed by atoms with van der Waals surface area (Å²) in [5.74, 6) is -0.884. The number of carbonyl (C=O) groups excluding carboxylic acids is 2. The quantitative estimate of drug-likeness (QED) is 0.372. The third-order valence-corrected chi connectivity index (χ3v) is 6.25. The molecule has 3 aromatic rings. The highest BCUT2D eigenvalue weighted by Crippen LogP contribution is 2.24. The molecule has 0 aliphatic rings. The summed E-state index contributed by atoms with van der Waals surface area (Å²) in [7, 11) is -4.05. The molecule has 0 bridgehead atoms. The summed E-state index contributed by atoms with van der Waals surface area (Å²) in [6.45, 7) is -0.695. The zero-order valence-electron chi connectivity index (χ0n) is 16.5. The third kappa shape index (κ3) is 6.54. The van der Waals surface area contributed by atoms with E-state index in [0.717, 1.165) is 0 Å². The SMILES string of the molecule is O=C(CNS(=O)(=O)c1cc(Cl)ccc1Cl)OCc1ccc(C(=O)Oc2ccccc2)cc1. The summed E-state index contributed by atoms with van der Waals surface area (Å²) < 4.78 is 37.1. The molecule has 0 aliphatic heterocycles. The van der Waals surface area contributed by atoms with Gasteiger partial charge in [-0.25, -0.2) is 13.2 Å². The number of carbonyl (C=O) groups is 2. The summed E-state index contributed by atoms with van der Waals surface area (Å²) >= 11 is 11.7. The van der Waals surface area contributed by atoms with Crippen molar-refractivity contribution >= 4 is 45.2 Å². The summed E-state index contributed by atoms with van der Waals surface area (Å²) in [5, 5.41) is 0.162. The van der Waals surface area contributed by atoms with E-state index >= 15 is 0 Å². The molecule has 0 amide bonds. The lowest BCUT2D eigenvalue weighted by molar-refractivity contribution is -0.143. The first-order valence-corrected chi connectivity index (χ1v) is 11.4. The van der Waals surface area contributed by atoms with Crippen LogP contribution in [0.15, 0.2) is 77.7 Å². The average molecular weight is 494 g/mol. The van der Waals surface area contributed by atoms with E-state index in [-0.39, 0.29) is 21.5 Å². The molecular weight excluding hydrogens is 477 g/mol. The molecule has 10 heteroatoms. The van der Waals surface area contributed by atoms with Crippen LogP contribution < -0.4 is 9.46 Å². The minimum absolute atomic E-state index is 0.0267. The summed E-state index contributed by atoms with van der Waals surface area (Å²) in [6, 6.07) is 18.9. The van der Waals surface area contributed by atoms with Gasteiger partial charge in [0, 0.05) is 5.02 Å². The van der Waals surface area contributed by atoms with Crippen LogP contribution in [-0.4, -0.2) is 26.9 Å². The van der Waals surface area contributed by atoms with Crippen molar-refractivity contribution in [2.75, 3.05) is 6.54 Å². The van der Waals surface area contributed by atoms with E-state index < -0.39 is 28.5 Å². The number of ether oxygens (including phenoxy) is 2. The van der Waals surface area contributed by atoms with Crippen molar-refractivity contribution in [3.63, 3.8) is 0 Å². The van der Waals surface area contributed by atoms with Crippen molar-refractivity contribution in [2.24, 2.45) is 0 Å². The van der Waals surface area contributed by atoms with Crippen LogP contribution in [0.1, 0.15) is 15.9 Å². The molecule has 3 rings (SSSR count). The summed E-state index contributed by atoms with van der Waals surface area (Å²) in [5.41, 5.74) is 0.936. The Balaban J connectivity index is 1.50. The van der Waals surface area contributed by atoms with Crippen molar-refractivity contribution in [1.29, 1.82) is 0 Å². The number of hydrogen-bond donors (Lipinski definition) is 1. The van der Waals surface area contributed by atoms with Crippen LogP contribution in [-0.2, 0) is 26.2 Å². The smallest absolute Gasteiger partial charge is 0.343 e. The van der Waals surface area contributed by atoms with Crippen molar-refractivity contribution in [2.45, 2.75) is 11.5 Å². The van der Waals surface area contributed by atoms with Gasteiger partial charge in [0.05, 0.1) is 10.6 Å². The number of nitrogens with one attached hydrogen (secondary N) is 1. The number of esters is 2. The minimum Gasteiger partial charge on any atom is -0.460 e. The van der Waals surface area contributed by atoms with E-state index in [1.165, 1.54) is 30.3 Å². The Morgan fingerprint density at radius 2 is 1.59 bits per heavy atom. The third-order valence-electron chi connectivity index (χ3n) is 4.13. The first-order chi connectivity index (χ1) is 15.2. The molecule has 0 fully saturated rings. The second-order valence-corrected chi connectivity index (χ2v) is 9.04. The lowest BCUT2D eigenvalue weighted by Gasteiger charge is -2.09. The van der Waals surface area contributed by atoms with E-state index in [1.807, 2.05) is 6.07 Å². The largest absolute Gasteiger partial charge is 0.460 e. The van der Waals surface area contributed by atoms with Gasteiger partial charge in [0.1, 0.15) is 23.8 Å². The number of sulfonamides is 1. The highest BCUT2D eigenvalue weighted by atomic mass is 35.5. The number of halogens is 2. The molecule has 0 unspecified atom stereocenters. The van der Waals surface area contributed by atoms with Gasteiger partial charge in [-0.3, -0.25) is 4.79 Å². The fourth-order valence-corrected chi connectivity index (χ4v) is 4.25. The molecule has 1 N–H and O–H groups in total. The summed E-state index contributed by atoms with van der Waals surface area (Å²) in [4.78, 5) is 23.8. The Morgan fingerprint density at radius 1 is 0.906 bits per heavy atom. The Kier molecular flexibility index (Phi) is 7.87. The first-order valence-electron chi connectivity index (χ1n) is 9.21. The zero-order valence-corrected chi connectivity index (χ0v) is 18.8. The first kappa shape index (κ1) is 23.7. The van der Waals surface area contributed by atoms with Crippen molar-refractivity contribution in [1.82, 2.24) is 4.72 Å². The molecule has 7 nitrogen and oxygen atoms in total. The van der Waals surface area contributed by atoms with Gasteiger partial charge < -0.3 is 9.47 Å². The molecule has 0 spiro atoms. The predicted octanol–water partition coefficient (Wildman–Crippen LogP) is 4.23. The second-order valence-electron chi connectivity index (χ2n) is 6.46. The predicted molar refractivity (Wildman–Crippen MR) is 119 cm³/mol. The van der Waals surface area contributed by atoms with E-state index in [4.69, 9.17) is 32.7 Å². The molecule has 0 saturated heterocycles. The van der Waals surface area contributed by atoms with Gasteiger partial charge in [-0.15, -0.1) is 0 Å². The maximum absolute atomic E-state index is 12.3. The highest BCUT2D eigenvalue weighted by molar-refractivity contribution is 7.89. The fourth-order valence-electron chi connectivity index (χ4n) is 2.52. The van der Waals surface area contributed by atoms with Crippen LogP contribution >= 0.6 is 23.2 Å². The molecule has 0 heterocycles. The van der Waals surface area contributed by atoms with Crippen LogP contribution in [0.5, 0.6) is 5.75 Å². The maximum atomic E-state index is 12.3. The monoisotopic (exact) mass is 493 g/mol. The number of benzene rings is 3. The number of hydrogen-bond acceptors (Lipinski definition) is 6. The Bertz CT molecular complexity index is 1210. The summed E-state index contributed by atoms with van der Waals surface area (Å²) in [6.07, 6.45) is 0. The second kappa shape index (κ2) is 10.6. The van der Waals surface area contributed by atoms with Crippen LogP contribution in [0.4, 0.5) is 0 Å². The van der Waals surface area contributed by atoms with Crippen molar-refractivity contribution in [3.05, 3.63) is 94.0 Å². The zero-order chi connectivity index (χ0) is 23.1. The molecule has 0 radical (unpaired) electrons. The standard InChI is InChI=1S/C22H17Cl2NO6S/c23-17-10-11-19(24)20(12-17)32(28,29)25-13-21(26)30-14-15-6-8-16(9-7-15)22(27)31-18-4-2-1-3-5-18/h1-12,25H,13-14H2. The van der Waals surface area contributed by atoms with Gasteiger partial charge >= 0.3 is 11.9 Å². The van der Waals surface area contributed by atoms with Gasteiger partial charge in [-0.05, 0) is 48.0 Å². The average Bonchev–Trinajstić information content (AvgIpc) is 2.79.